The van der Waals surface area contributed by atoms with Crippen LogP contribution in [0.2, 0.25) is 0 Å². The Balaban J connectivity index is 1.78. The topological polar surface area (TPSA) is 25.2 Å². The lowest BCUT2D eigenvalue weighted by atomic mass is 10.2. The molecule has 1 aliphatic heterocycles. The van der Waals surface area contributed by atoms with Gasteiger partial charge in [0.2, 0.25) is 5.91 Å². The first-order chi connectivity index (χ1) is 9.75. The van der Waals surface area contributed by atoms with E-state index < -0.39 is 0 Å². The Morgan fingerprint density at radius 2 is 1.85 bits per heavy atom. The zero-order valence-electron chi connectivity index (χ0n) is 11.5. The first-order valence-corrected chi connectivity index (χ1v) is 8.06. The Hall–Kier alpha value is -1.29. The number of hydrogen-bond acceptors (Lipinski definition) is 1. The smallest absolute Gasteiger partial charge is 0.242 e. The van der Waals surface area contributed by atoms with E-state index in [0.29, 0.717) is 6.54 Å². The number of halogens is 1. The summed E-state index contributed by atoms with van der Waals surface area (Å²) < 4.78 is 3.13. The second-order valence-electron chi connectivity index (χ2n) is 5.41. The predicted molar refractivity (Wildman–Crippen MR) is 84.7 cm³/mol. The molecular weight excluding hydrogens is 316 g/mol. The van der Waals surface area contributed by atoms with Crippen LogP contribution in [0, 0.1) is 0 Å². The molecule has 0 spiro atoms. The highest BCUT2D eigenvalue weighted by atomic mass is 79.9. The molecule has 1 aromatic heterocycles. The maximum Gasteiger partial charge on any atom is 0.242 e. The third-order valence-corrected chi connectivity index (χ3v) is 4.72. The molecule has 3 rings (SSSR count). The fourth-order valence-electron chi connectivity index (χ4n) is 2.89. The van der Waals surface area contributed by atoms with Gasteiger partial charge < -0.3 is 9.47 Å². The van der Waals surface area contributed by atoms with Crippen molar-refractivity contribution in [3.05, 3.63) is 34.9 Å². The monoisotopic (exact) mass is 334 g/mol. The lowest BCUT2D eigenvalue weighted by molar-refractivity contribution is -0.131. The standard InChI is InChI=1S/C16H19BrN2O/c17-14-6-5-7-15-13(14)8-11-19(15)12-16(20)18-9-3-1-2-4-10-18/h5-8,11H,1-4,9-10,12H2. The molecule has 0 atom stereocenters. The van der Waals surface area contributed by atoms with Crippen molar-refractivity contribution in [1.82, 2.24) is 9.47 Å². The lowest BCUT2D eigenvalue weighted by Crippen LogP contribution is -2.34. The Labute approximate surface area is 127 Å². The molecule has 0 unspecified atom stereocenters. The average molecular weight is 335 g/mol. The summed E-state index contributed by atoms with van der Waals surface area (Å²) in [6.07, 6.45) is 6.80. The second-order valence-corrected chi connectivity index (χ2v) is 6.27. The van der Waals surface area contributed by atoms with Crippen molar-refractivity contribution >= 4 is 32.7 Å². The van der Waals surface area contributed by atoms with Crippen LogP contribution in [0.3, 0.4) is 0 Å². The van der Waals surface area contributed by atoms with Crippen LogP contribution in [-0.2, 0) is 11.3 Å². The largest absolute Gasteiger partial charge is 0.341 e. The van der Waals surface area contributed by atoms with E-state index in [-0.39, 0.29) is 5.91 Å². The van der Waals surface area contributed by atoms with Crippen molar-refractivity contribution in [2.75, 3.05) is 13.1 Å². The molecule has 0 saturated carbocycles. The van der Waals surface area contributed by atoms with Crippen LogP contribution in [-0.4, -0.2) is 28.5 Å². The molecule has 0 N–H and O–H groups in total. The third-order valence-electron chi connectivity index (χ3n) is 4.02. The van der Waals surface area contributed by atoms with Gasteiger partial charge in [0.1, 0.15) is 6.54 Å². The van der Waals surface area contributed by atoms with Crippen molar-refractivity contribution < 1.29 is 4.79 Å². The molecule has 1 amide bonds. The molecule has 0 radical (unpaired) electrons. The van der Waals surface area contributed by atoms with Gasteiger partial charge in [0.25, 0.3) is 0 Å². The van der Waals surface area contributed by atoms with Gasteiger partial charge in [-0.15, -0.1) is 0 Å². The van der Waals surface area contributed by atoms with E-state index >= 15 is 0 Å². The number of likely N-dealkylation sites (tertiary alicyclic amines) is 1. The van der Waals surface area contributed by atoms with Crippen LogP contribution < -0.4 is 0 Å². The van der Waals surface area contributed by atoms with Crippen molar-refractivity contribution in [2.24, 2.45) is 0 Å². The highest BCUT2D eigenvalue weighted by Gasteiger charge is 2.16. The minimum atomic E-state index is 0.240. The SMILES string of the molecule is O=C(Cn1ccc2c(Br)cccc21)N1CCCCCC1. The summed E-state index contributed by atoms with van der Waals surface area (Å²) in [5.41, 5.74) is 1.11. The van der Waals surface area contributed by atoms with Crippen LogP contribution in [0.5, 0.6) is 0 Å². The van der Waals surface area contributed by atoms with E-state index in [1.165, 1.54) is 12.8 Å². The Morgan fingerprint density at radius 1 is 1.10 bits per heavy atom. The van der Waals surface area contributed by atoms with Gasteiger partial charge in [-0.3, -0.25) is 4.79 Å². The summed E-state index contributed by atoms with van der Waals surface area (Å²) in [6, 6.07) is 8.17. The summed E-state index contributed by atoms with van der Waals surface area (Å²) >= 11 is 3.55. The van der Waals surface area contributed by atoms with Gasteiger partial charge in [0.05, 0.1) is 0 Å². The normalized spacial score (nSPS) is 16.4. The molecule has 3 nitrogen and oxygen atoms in total. The molecule has 1 aromatic carbocycles. The van der Waals surface area contributed by atoms with Crippen molar-refractivity contribution in [2.45, 2.75) is 32.2 Å². The molecule has 4 heteroatoms. The van der Waals surface area contributed by atoms with Crippen LogP contribution in [0.15, 0.2) is 34.9 Å². The number of benzene rings is 1. The van der Waals surface area contributed by atoms with E-state index in [0.717, 1.165) is 41.3 Å². The minimum Gasteiger partial charge on any atom is -0.341 e. The molecule has 106 valence electrons. The molecule has 2 aromatic rings. The Kier molecular flexibility index (Phi) is 4.10. The number of amides is 1. The number of rotatable bonds is 2. The molecule has 0 bridgehead atoms. The van der Waals surface area contributed by atoms with Crippen LogP contribution >= 0.6 is 15.9 Å². The second kappa shape index (κ2) is 6.00. The average Bonchev–Trinajstić information content (AvgIpc) is 2.69. The molecule has 1 fully saturated rings. The maximum atomic E-state index is 12.4. The highest BCUT2D eigenvalue weighted by molar-refractivity contribution is 9.10. The number of carbonyl (C=O) groups is 1. The van der Waals surface area contributed by atoms with E-state index in [4.69, 9.17) is 0 Å². The van der Waals surface area contributed by atoms with Crippen LogP contribution in [0.4, 0.5) is 0 Å². The van der Waals surface area contributed by atoms with Crippen LogP contribution in [0.25, 0.3) is 10.9 Å². The van der Waals surface area contributed by atoms with Crippen molar-refractivity contribution in [3.63, 3.8) is 0 Å². The van der Waals surface area contributed by atoms with E-state index in [1.807, 2.05) is 27.8 Å². The summed E-state index contributed by atoms with van der Waals surface area (Å²) in [5.74, 6) is 0.240. The molecule has 20 heavy (non-hydrogen) atoms. The Bertz CT molecular complexity index is 612. The molecule has 0 aliphatic carbocycles. The molecular formula is C16H19BrN2O. The zero-order valence-corrected chi connectivity index (χ0v) is 13.1. The van der Waals surface area contributed by atoms with Gasteiger partial charge in [-0.05, 0) is 31.0 Å². The first-order valence-electron chi connectivity index (χ1n) is 7.27. The number of carbonyl (C=O) groups excluding carboxylic acids is 1. The van der Waals surface area contributed by atoms with Gasteiger partial charge in [-0.25, -0.2) is 0 Å². The lowest BCUT2D eigenvalue weighted by Gasteiger charge is -2.20. The van der Waals surface area contributed by atoms with Gasteiger partial charge in [0, 0.05) is 34.7 Å². The third kappa shape index (κ3) is 2.75. The Morgan fingerprint density at radius 3 is 2.60 bits per heavy atom. The van der Waals surface area contributed by atoms with E-state index in [9.17, 15) is 4.79 Å². The zero-order chi connectivity index (χ0) is 13.9. The molecule has 2 heterocycles. The predicted octanol–water partition coefficient (Wildman–Crippen LogP) is 3.81. The van der Waals surface area contributed by atoms with E-state index in [2.05, 4.69) is 28.1 Å². The van der Waals surface area contributed by atoms with Crippen molar-refractivity contribution in [3.8, 4) is 0 Å². The minimum absolute atomic E-state index is 0.240. The number of fused-ring (bicyclic) bond motifs is 1. The summed E-state index contributed by atoms with van der Waals surface area (Å²) in [7, 11) is 0. The van der Waals surface area contributed by atoms with Gasteiger partial charge in [-0.1, -0.05) is 34.8 Å². The highest BCUT2D eigenvalue weighted by Crippen LogP contribution is 2.24. The molecule has 1 aliphatic rings. The quantitative estimate of drug-likeness (QED) is 0.819. The number of nitrogens with zero attached hydrogens (tertiary/aromatic N) is 2. The first kappa shape index (κ1) is 13.7. The number of aromatic nitrogens is 1. The van der Waals surface area contributed by atoms with Gasteiger partial charge in [-0.2, -0.15) is 0 Å². The van der Waals surface area contributed by atoms with E-state index in [1.54, 1.807) is 0 Å². The maximum absolute atomic E-state index is 12.4. The number of hydrogen-bond donors (Lipinski definition) is 0. The molecule has 1 saturated heterocycles. The summed E-state index contributed by atoms with van der Waals surface area (Å²) in [4.78, 5) is 14.5. The summed E-state index contributed by atoms with van der Waals surface area (Å²) in [6.45, 7) is 2.28. The van der Waals surface area contributed by atoms with Crippen molar-refractivity contribution in [1.29, 1.82) is 0 Å². The fraction of sp³-hybridized carbons (Fsp3) is 0.438. The van der Waals surface area contributed by atoms with Crippen LogP contribution in [0.1, 0.15) is 25.7 Å². The van der Waals surface area contributed by atoms with Gasteiger partial charge >= 0.3 is 0 Å². The van der Waals surface area contributed by atoms with Gasteiger partial charge in [0.15, 0.2) is 0 Å². The summed E-state index contributed by atoms with van der Waals surface area (Å²) in [5, 5.41) is 1.16. The fourth-order valence-corrected chi connectivity index (χ4v) is 3.38.